The molecule has 5 heteroatoms. The molecule has 3 nitrogen and oxygen atoms in total. The predicted molar refractivity (Wildman–Crippen MR) is 75.0 cm³/mol. The molecule has 2 aromatic rings. The monoisotopic (exact) mass is 268 g/mol. The summed E-state index contributed by atoms with van der Waals surface area (Å²) >= 11 is 1.71. The molecule has 0 aliphatic heterocycles. The fourth-order valence-electron chi connectivity index (χ4n) is 1.58. The molecule has 1 aromatic heterocycles. The molecular formula is C12H16N2OS2. The number of fused-ring (bicyclic) bond motifs is 1. The highest BCUT2D eigenvalue weighted by molar-refractivity contribution is 7.84. The Labute approximate surface area is 108 Å². The summed E-state index contributed by atoms with van der Waals surface area (Å²) in [5.41, 5.74) is 1.06. The molecule has 1 heterocycles. The van der Waals surface area contributed by atoms with Gasteiger partial charge in [-0.2, -0.15) is 0 Å². The molecule has 17 heavy (non-hydrogen) atoms. The highest BCUT2D eigenvalue weighted by Gasteiger charge is 2.10. The molecule has 92 valence electrons. The van der Waals surface area contributed by atoms with Crippen molar-refractivity contribution in [2.75, 3.05) is 18.6 Å². The zero-order valence-electron chi connectivity index (χ0n) is 9.97. The maximum atomic E-state index is 11.0. The Balaban J connectivity index is 2.03. The first kappa shape index (κ1) is 12.7. The van der Waals surface area contributed by atoms with Gasteiger partial charge in [0.05, 0.1) is 16.3 Å². The van der Waals surface area contributed by atoms with E-state index < -0.39 is 10.8 Å². The van der Waals surface area contributed by atoms with Gasteiger partial charge in [0.15, 0.2) is 0 Å². The summed E-state index contributed by atoms with van der Waals surface area (Å²) in [6.07, 6.45) is 1.73. The Morgan fingerprint density at radius 1 is 1.47 bits per heavy atom. The van der Waals surface area contributed by atoms with Gasteiger partial charge < -0.3 is 5.32 Å². The summed E-state index contributed by atoms with van der Waals surface area (Å²) < 4.78 is 12.2. The fourth-order valence-corrected chi connectivity index (χ4v) is 2.98. The predicted octanol–water partition coefficient (Wildman–Crippen LogP) is 2.33. The van der Waals surface area contributed by atoms with Crippen molar-refractivity contribution >= 4 is 32.4 Å². The molecular weight excluding hydrogens is 252 g/mol. The van der Waals surface area contributed by atoms with Crippen LogP contribution in [0.15, 0.2) is 24.3 Å². The van der Waals surface area contributed by atoms with Crippen LogP contribution in [0, 0.1) is 0 Å². The summed E-state index contributed by atoms with van der Waals surface area (Å²) in [7, 11) is -0.733. The SMILES string of the molecule is CC(NCCS(C)=O)c1nc2ccccc2s1. The lowest BCUT2D eigenvalue weighted by molar-refractivity contribution is 0.595. The molecule has 0 spiro atoms. The molecule has 2 unspecified atom stereocenters. The normalized spacial score (nSPS) is 14.9. The Morgan fingerprint density at radius 3 is 2.94 bits per heavy atom. The second kappa shape index (κ2) is 5.71. The minimum atomic E-state index is -0.733. The lowest BCUT2D eigenvalue weighted by atomic mass is 10.3. The molecule has 0 aliphatic rings. The minimum absolute atomic E-state index is 0.218. The van der Waals surface area contributed by atoms with Crippen LogP contribution in [0.1, 0.15) is 18.0 Å². The molecule has 0 bridgehead atoms. The Bertz CT molecular complexity index is 491. The van der Waals surface area contributed by atoms with Gasteiger partial charge in [0, 0.05) is 29.4 Å². The molecule has 1 N–H and O–H groups in total. The zero-order valence-corrected chi connectivity index (χ0v) is 11.6. The van der Waals surface area contributed by atoms with E-state index in [9.17, 15) is 4.21 Å². The standard InChI is InChI=1S/C12H16N2OS2/c1-9(13-7-8-17(2)15)12-14-10-5-3-4-6-11(10)16-12/h3-6,9,13H,7-8H2,1-2H3. The highest BCUT2D eigenvalue weighted by Crippen LogP contribution is 2.25. The van der Waals surface area contributed by atoms with E-state index in [0.717, 1.165) is 17.1 Å². The molecule has 2 rings (SSSR count). The number of thiazole rings is 1. The highest BCUT2D eigenvalue weighted by atomic mass is 32.2. The number of nitrogens with zero attached hydrogens (tertiary/aromatic N) is 1. The van der Waals surface area contributed by atoms with Crippen LogP contribution < -0.4 is 5.32 Å². The number of hydrogen-bond acceptors (Lipinski definition) is 4. The molecule has 0 fully saturated rings. The van der Waals surface area contributed by atoms with Crippen LogP contribution in [-0.2, 0) is 10.8 Å². The molecule has 0 saturated carbocycles. The molecule has 0 radical (unpaired) electrons. The topological polar surface area (TPSA) is 42.0 Å². The van der Waals surface area contributed by atoms with E-state index in [1.807, 2.05) is 18.2 Å². The van der Waals surface area contributed by atoms with Gasteiger partial charge in [-0.25, -0.2) is 4.98 Å². The Morgan fingerprint density at radius 2 is 2.24 bits per heavy atom. The summed E-state index contributed by atoms with van der Waals surface area (Å²) in [6, 6.07) is 8.37. The average Bonchev–Trinajstić information content (AvgIpc) is 2.71. The smallest absolute Gasteiger partial charge is 0.111 e. The van der Waals surface area contributed by atoms with Gasteiger partial charge in [-0.3, -0.25) is 4.21 Å². The number of aromatic nitrogens is 1. The minimum Gasteiger partial charge on any atom is -0.307 e. The number of rotatable bonds is 5. The van der Waals surface area contributed by atoms with Crippen molar-refractivity contribution in [1.29, 1.82) is 0 Å². The van der Waals surface area contributed by atoms with Crippen molar-refractivity contribution in [2.24, 2.45) is 0 Å². The van der Waals surface area contributed by atoms with Gasteiger partial charge in [0.1, 0.15) is 5.01 Å². The van der Waals surface area contributed by atoms with Crippen LogP contribution in [0.4, 0.5) is 0 Å². The molecule has 0 amide bonds. The Kier molecular flexibility index (Phi) is 4.25. The van der Waals surface area contributed by atoms with Crippen LogP contribution in [0.5, 0.6) is 0 Å². The first-order chi connectivity index (χ1) is 8.16. The van der Waals surface area contributed by atoms with Crippen LogP contribution in [-0.4, -0.2) is 27.7 Å². The van der Waals surface area contributed by atoms with E-state index in [0.29, 0.717) is 5.75 Å². The number of benzene rings is 1. The molecule has 0 saturated heterocycles. The maximum absolute atomic E-state index is 11.0. The number of para-hydroxylation sites is 1. The molecule has 0 aliphatic carbocycles. The third-order valence-electron chi connectivity index (χ3n) is 2.52. The van der Waals surface area contributed by atoms with Gasteiger partial charge in [0.2, 0.25) is 0 Å². The third-order valence-corrected chi connectivity index (χ3v) is 4.52. The van der Waals surface area contributed by atoms with E-state index in [2.05, 4.69) is 23.3 Å². The van der Waals surface area contributed by atoms with Gasteiger partial charge in [-0.05, 0) is 19.1 Å². The fraction of sp³-hybridized carbons (Fsp3) is 0.417. The lowest BCUT2D eigenvalue weighted by Gasteiger charge is -2.09. The van der Waals surface area contributed by atoms with E-state index >= 15 is 0 Å². The van der Waals surface area contributed by atoms with Crippen LogP contribution in [0.25, 0.3) is 10.2 Å². The van der Waals surface area contributed by atoms with Crippen molar-refractivity contribution in [3.05, 3.63) is 29.3 Å². The summed E-state index contributed by atoms with van der Waals surface area (Å²) in [5, 5.41) is 4.44. The van der Waals surface area contributed by atoms with Crippen molar-refractivity contribution in [2.45, 2.75) is 13.0 Å². The summed E-state index contributed by atoms with van der Waals surface area (Å²) in [6.45, 7) is 2.86. The lowest BCUT2D eigenvalue weighted by Crippen LogP contribution is -2.23. The Hall–Kier alpha value is -0.780. The van der Waals surface area contributed by atoms with Crippen molar-refractivity contribution in [1.82, 2.24) is 10.3 Å². The summed E-state index contributed by atoms with van der Waals surface area (Å²) in [4.78, 5) is 4.59. The second-order valence-corrected chi connectivity index (χ2v) is 6.59. The maximum Gasteiger partial charge on any atom is 0.111 e. The van der Waals surface area contributed by atoms with E-state index in [1.165, 1.54) is 4.70 Å². The van der Waals surface area contributed by atoms with Crippen LogP contribution >= 0.6 is 11.3 Å². The molecule has 2 atom stereocenters. The van der Waals surface area contributed by atoms with Gasteiger partial charge in [-0.1, -0.05) is 12.1 Å². The van der Waals surface area contributed by atoms with Gasteiger partial charge >= 0.3 is 0 Å². The molecule has 1 aromatic carbocycles. The van der Waals surface area contributed by atoms with E-state index in [-0.39, 0.29) is 6.04 Å². The van der Waals surface area contributed by atoms with Crippen molar-refractivity contribution in [3.63, 3.8) is 0 Å². The second-order valence-electron chi connectivity index (χ2n) is 3.97. The largest absolute Gasteiger partial charge is 0.307 e. The summed E-state index contributed by atoms with van der Waals surface area (Å²) in [5.74, 6) is 0.690. The third kappa shape index (κ3) is 3.34. The number of hydrogen-bond donors (Lipinski definition) is 1. The average molecular weight is 268 g/mol. The van der Waals surface area contributed by atoms with E-state index in [1.54, 1.807) is 17.6 Å². The van der Waals surface area contributed by atoms with E-state index in [4.69, 9.17) is 0 Å². The number of nitrogens with one attached hydrogen (secondary N) is 1. The quantitative estimate of drug-likeness (QED) is 0.905. The van der Waals surface area contributed by atoms with Crippen LogP contribution in [0.2, 0.25) is 0 Å². The zero-order chi connectivity index (χ0) is 12.3. The van der Waals surface area contributed by atoms with Crippen molar-refractivity contribution < 1.29 is 4.21 Å². The van der Waals surface area contributed by atoms with Gasteiger partial charge in [0.25, 0.3) is 0 Å². The van der Waals surface area contributed by atoms with Crippen LogP contribution in [0.3, 0.4) is 0 Å². The first-order valence-corrected chi connectivity index (χ1v) is 8.10. The first-order valence-electron chi connectivity index (χ1n) is 5.55. The van der Waals surface area contributed by atoms with Gasteiger partial charge in [-0.15, -0.1) is 11.3 Å². The van der Waals surface area contributed by atoms with Crippen molar-refractivity contribution in [3.8, 4) is 0 Å².